The number of piperidine rings is 1. The van der Waals surface area contributed by atoms with Gasteiger partial charge in [0.1, 0.15) is 6.04 Å². The molecule has 98 valence electrons. The fourth-order valence-corrected chi connectivity index (χ4v) is 1.96. The number of rotatable bonds is 4. The van der Waals surface area contributed by atoms with Gasteiger partial charge in [0.05, 0.1) is 6.04 Å². The Kier molecular flexibility index (Phi) is 5.41. The highest BCUT2D eigenvalue weighted by Gasteiger charge is 2.24. The standard InChI is InChI=1S/C12H23N3O2/c1-3-10(13)11(16)14-9(2)12(17)15-7-5-4-6-8-15/h9-10H,3-8,13H2,1-2H3,(H,14,16). The summed E-state index contributed by atoms with van der Waals surface area (Å²) in [5, 5.41) is 2.67. The zero-order valence-electron chi connectivity index (χ0n) is 10.7. The Morgan fingerprint density at radius 2 is 1.88 bits per heavy atom. The highest BCUT2D eigenvalue weighted by molar-refractivity contribution is 5.89. The van der Waals surface area contributed by atoms with E-state index in [0.29, 0.717) is 6.42 Å². The molecule has 0 radical (unpaired) electrons. The van der Waals surface area contributed by atoms with Crippen LogP contribution in [0.25, 0.3) is 0 Å². The molecule has 1 aliphatic rings. The molecule has 0 spiro atoms. The highest BCUT2D eigenvalue weighted by atomic mass is 16.2. The van der Waals surface area contributed by atoms with Gasteiger partial charge in [-0.3, -0.25) is 9.59 Å². The van der Waals surface area contributed by atoms with E-state index in [9.17, 15) is 9.59 Å². The number of hydrogen-bond acceptors (Lipinski definition) is 3. The highest BCUT2D eigenvalue weighted by Crippen LogP contribution is 2.09. The maximum Gasteiger partial charge on any atom is 0.244 e. The smallest absolute Gasteiger partial charge is 0.244 e. The van der Waals surface area contributed by atoms with E-state index >= 15 is 0 Å². The maximum atomic E-state index is 12.0. The van der Waals surface area contributed by atoms with Gasteiger partial charge in [-0.1, -0.05) is 6.92 Å². The Morgan fingerprint density at radius 1 is 1.29 bits per heavy atom. The number of nitrogens with two attached hydrogens (primary N) is 1. The van der Waals surface area contributed by atoms with Crippen molar-refractivity contribution in [2.24, 2.45) is 5.73 Å². The van der Waals surface area contributed by atoms with Crippen molar-refractivity contribution in [1.82, 2.24) is 10.2 Å². The molecule has 1 fully saturated rings. The van der Waals surface area contributed by atoms with Gasteiger partial charge in [0.2, 0.25) is 11.8 Å². The summed E-state index contributed by atoms with van der Waals surface area (Å²) in [6.07, 6.45) is 3.88. The second-order valence-electron chi connectivity index (χ2n) is 4.63. The molecule has 0 bridgehead atoms. The van der Waals surface area contributed by atoms with Crippen LogP contribution in [0, 0.1) is 0 Å². The van der Waals surface area contributed by atoms with Gasteiger partial charge in [0, 0.05) is 13.1 Å². The van der Waals surface area contributed by atoms with Crippen LogP contribution in [-0.2, 0) is 9.59 Å². The predicted octanol–water partition coefficient (Wildman–Crippen LogP) is 0.241. The SMILES string of the molecule is CCC(N)C(=O)NC(C)C(=O)N1CCCCC1. The quantitative estimate of drug-likeness (QED) is 0.740. The minimum Gasteiger partial charge on any atom is -0.343 e. The number of likely N-dealkylation sites (tertiary alicyclic amines) is 1. The van der Waals surface area contributed by atoms with Crippen molar-refractivity contribution < 1.29 is 9.59 Å². The monoisotopic (exact) mass is 241 g/mol. The van der Waals surface area contributed by atoms with E-state index in [1.807, 2.05) is 11.8 Å². The van der Waals surface area contributed by atoms with Crippen molar-refractivity contribution in [1.29, 1.82) is 0 Å². The molecule has 1 saturated heterocycles. The number of carbonyl (C=O) groups excluding carboxylic acids is 2. The van der Waals surface area contributed by atoms with Crippen LogP contribution >= 0.6 is 0 Å². The number of amides is 2. The fourth-order valence-electron chi connectivity index (χ4n) is 1.96. The van der Waals surface area contributed by atoms with Crippen LogP contribution in [0.15, 0.2) is 0 Å². The molecule has 2 unspecified atom stereocenters. The zero-order valence-corrected chi connectivity index (χ0v) is 10.7. The van der Waals surface area contributed by atoms with Gasteiger partial charge >= 0.3 is 0 Å². The molecule has 0 saturated carbocycles. The Bertz CT molecular complexity index is 275. The second-order valence-corrected chi connectivity index (χ2v) is 4.63. The minimum atomic E-state index is -0.522. The summed E-state index contributed by atoms with van der Waals surface area (Å²) in [5.74, 6) is -0.244. The van der Waals surface area contributed by atoms with E-state index in [4.69, 9.17) is 5.73 Å². The summed E-state index contributed by atoms with van der Waals surface area (Å²) in [6.45, 7) is 5.18. The zero-order chi connectivity index (χ0) is 12.8. The lowest BCUT2D eigenvalue weighted by atomic mass is 10.1. The van der Waals surface area contributed by atoms with Crippen LogP contribution in [0.1, 0.15) is 39.5 Å². The largest absolute Gasteiger partial charge is 0.343 e. The van der Waals surface area contributed by atoms with E-state index in [2.05, 4.69) is 5.32 Å². The van der Waals surface area contributed by atoms with Crippen LogP contribution in [0.4, 0.5) is 0 Å². The van der Waals surface area contributed by atoms with Gasteiger partial charge < -0.3 is 16.0 Å². The lowest BCUT2D eigenvalue weighted by Crippen LogP contribution is -2.52. The second kappa shape index (κ2) is 6.59. The Balaban J connectivity index is 2.43. The molecule has 0 aromatic carbocycles. The number of nitrogens with one attached hydrogen (secondary N) is 1. The van der Waals surface area contributed by atoms with Crippen LogP contribution in [0.3, 0.4) is 0 Å². The Morgan fingerprint density at radius 3 is 2.41 bits per heavy atom. The summed E-state index contributed by atoms with van der Waals surface area (Å²) in [7, 11) is 0. The summed E-state index contributed by atoms with van der Waals surface area (Å²) < 4.78 is 0. The molecule has 5 nitrogen and oxygen atoms in total. The van der Waals surface area contributed by atoms with E-state index in [1.54, 1.807) is 6.92 Å². The molecular weight excluding hydrogens is 218 g/mol. The number of nitrogens with zero attached hydrogens (tertiary/aromatic N) is 1. The first-order valence-corrected chi connectivity index (χ1v) is 6.41. The van der Waals surface area contributed by atoms with Gasteiger partial charge in [0.25, 0.3) is 0 Å². The van der Waals surface area contributed by atoms with Crippen molar-refractivity contribution in [3.05, 3.63) is 0 Å². The molecule has 3 N–H and O–H groups in total. The van der Waals surface area contributed by atoms with Crippen molar-refractivity contribution >= 4 is 11.8 Å². The van der Waals surface area contributed by atoms with Crippen molar-refractivity contribution in [2.75, 3.05) is 13.1 Å². The molecule has 1 rings (SSSR count). The van der Waals surface area contributed by atoms with Crippen LogP contribution in [0.5, 0.6) is 0 Å². The third-order valence-corrected chi connectivity index (χ3v) is 3.17. The first kappa shape index (κ1) is 14.0. The lowest BCUT2D eigenvalue weighted by molar-refractivity contribution is -0.137. The average molecular weight is 241 g/mol. The van der Waals surface area contributed by atoms with Gasteiger partial charge in [-0.05, 0) is 32.6 Å². The predicted molar refractivity (Wildman–Crippen MR) is 66.3 cm³/mol. The van der Waals surface area contributed by atoms with Crippen LogP contribution < -0.4 is 11.1 Å². The number of hydrogen-bond donors (Lipinski definition) is 2. The molecule has 0 aliphatic carbocycles. The molecule has 5 heteroatoms. The molecule has 0 aromatic heterocycles. The number of carbonyl (C=O) groups is 2. The molecule has 17 heavy (non-hydrogen) atoms. The first-order chi connectivity index (χ1) is 8.06. The van der Waals surface area contributed by atoms with Crippen LogP contribution in [-0.4, -0.2) is 41.9 Å². The van der Waals surface area contributed by atoms with Crippen molar-refractivity contribution in [3.8, 4) is 0 Å². The van der Waals surface area contributed by atoms with Gasteiger partial charge in [-0.2, -0.15) is 0 Å². The van der Waals surface area contributed by atoms with Crippen molar-refractivity contribution in [2.45, 2.75) is 51.6 Å². The van der Waals surface area contributed by atoms with E-state index < -0.39 is 12.1 Å². The topological polar surface area (TPSA) is 75.4 Å². The van der Waals surface area contributed by atoms with Gasteiger partial charge in [0.15, 0.2) is 0 Å². The summed E-state index contributed by atoms with van der Waals surface area (Å²) in [6, 6.07) is -0.996. The summed E-state index contributed by atoms with van der Waals surface area (Å²) in [5.41, 5.74) is 5.61. The lowest BCUT2D eigenvalue weighted by Gasteiger charge is -2.29. The third kappa shape index (κ3) is 4.00. The molecule has 1 aliphatic heterocycles. The summed E-state index contributed by atoms with van der Waals surface area (Å²) >= 11 is 0. The van der Waals surface area contributed by atoms with E-state index in [0.717, 1.165) is 25.9 Å². The first-order valence-electron chi connectivity index (χ1n) is 6.41. The van der Waals surface area contributed by atoms with Gasteiger partial charge in [-0.15, -0.1) is 0 Å². The molecule has 0 aromatic rings. The van der Waals surface area contributed by atoms with Crippen molar-refractivity contribution in [3.63, 3.8) is 0 Å². The normalized spacial score (nSPS) is 19.6. The van der Waals surface area contributed by atoms with E-state index in [-0.39, 0.29) is 11.8 Å². The molecule has 2 amide bonds. The molecule has 1 heterocycles. The Hall–Kier alpha value is -1.10. The maximum absolute atomic E-state index is 12.0. The molecular formula is C12H23N3O2. The Labute approximate surface area is 103 Å². The third-order valence-electron chi connectivity index (χ3n) is 3.17. The van der Waals surface area contributed by atoms with E-state index in [1.165, 1.54) is 6.42 Å². The minimum absolute atomic E-state index is 0.00125. The average Bonchev–Trinajstić information content (AvgIpc) is 2.37. The fraction of sp³-hybridized carbons (Fsp3) is 0.833. The molecule has 2 atom stereocenters. The summed E-state index contributed by atoms with van der Waals surface area (Å²) in [4.78, 5) is 25.4. The van der Waals surface area contributed by atoms with Gasteiger partial charge in [-0.25, -0.2) is 0 Å². The van der Waals surface area contributed by atoms with Crippen LogP contribution in [0.2, 0.25) is 0 Å².